The molecule has 0 aliphatic carbocycles. The number of esters is 2. The van der Waals surface area contributed by atoms with Crippen LogP contribution < -0.4 is 11.2 Å². The first-order valence-corrected chi connectivity index (χ1v) is 13.1. The van der Waals surface area contributed by atoms with Gasteiger partial charge in [0.25, 0.3) is 11.5 Å². The van der Waals surface area contributed by atoms with Gasteiger partial charge in [-0.15, -0.1) is 0 Å². The summed E-state index contributed by atoms with van der Waals surface area (Å²) in [4.78, 5) is 130. The molecule has 1 aromatic carbocycles. The minimum atomic E-state index is -2.12. The molecule has 2 aromatic rings. The summed E-state index contributed by atoms with van der Waals surface area (Å²) < 4.78 is 15.8. The van der Waals surface area contributed by atoms with E-state index in [0.29, 0.717) is 10.8 Å². The molecule has 0 saturated carbocycles. The summed E-state index contributed by atoms with van der Waals surface area (Å²) in [6, 6.07) is 7.02. The lowest BCUT2D eigenvalue weighted by Crippen LogP contribution is -2.49. The van der Waals surface area contributed by atoms with Gasteiger partial charge in [0.2, 0.25) is 0 Å². The topological polar surface area (TPSA) is 229 Å². The minimum Gasteiger partial charge on any atom is -0.468 e. The van der Waals surface area contributed by atoms with Gasteiger partial charge in [0, 0.05) is 32.5 Å². The molecule has 0 N–H and O–H groups in total. The fraction of sp³-hybridized carbons (Fsp3) is 0.407. The molecule has 1 fully saturated rings. The van der Waals surface area contributed by atoms with Gasteiger partial charge in [0.05, 0.1) is 19.8 Å². The standard InChI is InChI=1S/C27H28N2O17/c1-13(30)42-40-12-18-20(45-43-14(2)31)21(46-44-15(3)32)24(41-18)28-11-17(19(25(35)38-4)26(36)39-5)23(34)29(27(28)37)22(33)16-9-7-6-8-10-16/h6-11,18-21,24H,12H2,1-5H3/t18-,20-,21-,24-/m1/s1. The Morgan fingerprint density at radius 1 is 0.804 bits per heavy atom. The lowest BCUT2D eigenvalue weighted by atomic mass is 10.0. The van der Waals surface area contributed by atoms with Gasteiger partial charge in [-0.05, 0) is 12.1 Å². The van der Waals surface area contributed by atoms with Crippen LogP contribution in [0.15, 0.2) is 46.1 Å². The summed E-state index contributed by atoms with van der Waals surface area (Å²) in [5, 5.41) is 0. The predicted molar refractivity (Wildman–Crippen MR) is 143 cm³/mol. The number of carbonyl (C=O) groups is 6. The van der Waals surface area contributed by atoms with Crippen molar-refractivity contribution in [3.8, 4) is 0 Å². The van der Waals surface area contributed by atoms with Crippen molar-refractivity contribution < 1.29 is 72.3 Å². The number of hydrogen-bond donors (Lipinski definition) is 0. The highest BCUT2D eigenvalue weighted by Crippen LogP contribution is 2.34. The van der Waals surface area contributed by atoms with Crippen molar-refractivity contribution in [2.75, 3.05) is 20.8 Å². The van der Waals surface area contributed by atoms with Gasteiger partial charge in [-0.2, -0.15) is 19.2 Å². The van der Waals surface area contributed by atoms with Crippen LogP contribution in [-0.2, 0) is 67.5 Å². The van der Waals surface area contributed by atoms with Crippen LogP contribution in [0.25, 0.3) is 0 Å². The van der Waals surface area contributed by atoms with E-state index in [1.807, 2.05) is 0 Å². The molecule has 0 bridgehead atoms. The van der Waals surface area contributed by atoms with E-state index >= 15 is 0 Å². The number of carbonyl (C=O) groups excluding carboxylic acids is 6. The van der Waals surface area contributed by atoms with Gasteiger partial charge in [-0.1, -0.05) is 18.2 Å². The minimum absolute atomic E-state index is 0.112. The summed E-state index contributed by atoms with van der Waals surface area (Å²) in [7, 11) is 1.82. The van der Waals surface area contributed by atoms with Crippen molar-refractivity contribution in [2.45, 2.75) is 51.2 Å². The van der Waals surface area contributed by atoms with E-state index in [2.05, 4.69) is 24.1 Å². The van der Waals surface area contributed by atoms with Crippen molar-refractivity contribution in [1.82, 2.24) is 9.13 Å². The molecule has 0 spiro atoms. The fourth-order valence-electron chi connectivity index (χ4n) is 4.16. The van der Waals surface area contributed by atoms with E-state index in [4.69, 9.17) is 19.4 Å². The fourth-order valence-corrected chi connectivity index (χ4v) is 4.16. The first-order chi connectivity index (χ1) is 21.8. The van der Waals surface area contributed by atoms with Gasteiger partial charge in [0.15, 0.2) is 24.4 Å². The van der Waals surface area contributed by atoms with E-state index < -0.39 is 89.6 Å². The van der Waals surface area contributed by atoms with Crippen molar-refractivity contribution in [2.24, 2.45) is 0 Å². The van der Waals surface area contributed by atoms with E-state index in [9.17, 15) is 38.4 Å². The second-order valence-electron chi connectivity index (χ2n) is 9.26. The maximum Gasteiger partial charge on any atom is 0.340 e. The second kappa shape index (κ2) is 15.7. The van der Waals surface area contributed by atoms with Crippen LogP contribution in [-0.4, -0.2) is 84.0 Å². The second-order valence-corrected chi connectivity index (χ2v) is 9.26. The Hall–Kier alpha value is -5.24. The molecule has 248 valence electrons. The highest BCUT2D eigenvalue weighted by molar-refractivity contribution is 6.01. The number of nitrogens with zero attached hydrogens (tertiary/aromatic N) is 2. The number of benzene rings is 1. The monoisotopic (exact) mass is 652 g/mol. The predicted octanol–water partition coefficient (Wildman–Crippen LogP) is -0.753. The van der Waals surface area contributed by atoms with E-state index in [1.54, 1.807) is 6.07 Å². The normalized spacial score (nSPS) is 18.8. The Morgan fingerprint density at radius 3 is 1.87 bits per heavy atom. The molecule has 4 atom stereocenters. The van der Waals surface area contributed by atoms with E-state index in [-0.39, 0.29) is 10.1 Å². The molecule has 1 saturated heterocycles. The average Bonchev–Trinajstić information content (AvgIpc) is 3.36. The molecule has 19 heteroatoms. The number of rotatable bonds is 12. The first kappa shape index (κ1) is 35.2. The number of aromatic nitrogens is 2. The number of ether oxygens (including phenoxy) is 3. The quantitative estimate of drug-likeness (QED) is 0.119. The maximum atomic E-state index is 13.9. The van der Waals surface area contributed by atoms with Crippen LogP contribution in [0.2, 0.25) is 0 Å². The van der Waals surface area contributed by atoms with Gasteiger partial charge >= 0.3 is 35.5 Å². The Morgan fingerprint density at radius 2 is 1.35 bits per heavy atom. The lowest BCUT2D eigenvalue weighted by molar-refractivity contribution is -0.361. The third-order valence-electron chi connectivity index (χ3n) is 6.07. The van der Waals surface area contributed by atoms with Crippen LogP contribution in [0.1, 0.15) is 48.8 Å². The largest absolute Gasteiger partial charge is 0.468 e. The maximum absolute atomic E-state index is 13.9. The van der Waals surface area contributed by atoms with Crippen LogP contribution in [0.3, 0.4) is 0 Å². The third kappa shape index (κ3) is 8.07. The van der Waals surface area contributed by atoms with Crippen LogP contribution >= 0.6 is 0 Å². The zero-order valence-corrected chi connectivity index (χ0v) is 24.9. The van der Waals surface area contributed by atoms with Gasteiger partial charge < -0.3 is 14.2 Å². The SMILES string of the molecule is COC(=O)C(C(=O)OC)c1cn([C@@H]2O[C@H](COOC(C)=O)[C@@H](OOC(C)=O)[C@H]2OOC(C)=O)c(=O)n(C(=O)c2ccccc2)c1=O. The van der Waals surface area contributed by atoms with Crippen molar-refractivity contribution >= 4 is 35.8 Å². The smallest absolute Gasteiger partial charge is 0.340 e. The van der Waals surface area contributed by atoms with Gasteiger partial charge in [0.1, 0.15) is 12.7 Å². The first-order valence-electron chi connectivity index (χ1n) is 13.1. The molecule has 1 aliphatic rings. The molecular formula is C27H28N2O17. The van der Waals surface area contributed by atoms with Crippen LogP contribution in [0, 0.1) is 0 Å². The molecule has 1 aromatic heterocycles. The average molecular weight is 653 g/mol. The molecule has 0 amide bonds. The van der Waals surface area contributed by atoms with Crippen molar-refractivity contribution in [1.29, 1.82) is 0 Å². The Bertz CT molecular complexity index is 1580. The van der Waals surface area contributed by atoms with Gasteiger partial charge in [-0.3, -0.25) is 38.4 Å². The Balaban J connectivity index is 2.32. The summed E-state index contributed by atoms with van der Waals surface area (Å²) in [6.07, 6.45) is -6.01. The molecule has 19 nitrogen and oxygen atoms in total. The van der Waals surface area contributed by atoms with Crippen LogP contribution in [0.5, 0.6) is 0 Å². The summed E-state index contributed by atoms with van der Waals surface area (Å²) in [6.45, 7) is 2.28. The number of methoxy groups -OCH3 is 2. The molecule has 0 unspecified atom stereocenters. The van der Waals surface area contributed by atoms with E-state index in [1.165, 1.54) is 24.3 Å². The number of hydrogen-bond acceptors (Lipinski definition) is 17. The molecule has 3 rings (SSSR count). The molecule has 1 aliphatic heterocycles. The zero-order valence-electron chi connectivity index (χ0n) is 24.9. The van der Waals surface area contributed by atoms with E-state index in [0.717, 1.165) is 35.0 Å². The Kier molecular flexibility index (Phi) is 12.0. The Labute approximate surface area is 258 Å². The third-order valence-corrected chi connectivity index (χ3v) is 6.07. The van der Waals surface area contributed by atoms with Crippen molar-refractivity contribution in [3.05, 3.63) is 68.5 Å². The van der Waals surface area contributed by atoms with Crippen LogP contribution in [0.4, 0.5) is 0 Å². The molecular weight excluding hydrogens is 624 g/mol. The highest BCUT2D eigenvalue weighted by atomic mass is 17.2. The van der Waals surface area contributed by atoms with Crippen molar-refractivity contribution in [3.63, 3.8) is 0 Å². The van der Waals surface area contributed by atoms with Gasteiger partial charge in [-0.25, -0.2) is 19.2 Å². The summed E-state index contributed by atoms with van der Waals surface area (Å²) in [5.74, 6) is -8.72. The summed E-state index contributed by atoms with van der Waals surface area (Å²) >= 11 is 0. The molecule has 46 heavy (non-hydrogen) atoms. The molecule has 2 heterocycles. The summed E-state index contributed by atoms with van der Waals surface area (Å²) in [5.41, 5.74) is -3.73. The highest BCUT2D eigenvalue weighted by Gasteiger charge is 2.52. The molecule has 0 radical (unpaired) electrons. The lowest BCUT2D eigenvalue weighted by Gasteiger charge is -2.23. The zero-order chi connectivity index (χ0) is 34.1.